The number of aromatic nitrogens is 3. The van der Waals surface area contributed by atoms with Crippen LogP contribution in [-0.2, 0) is 7.05 Å². The standard InChI is InChI=1S/C24H24N4O/c1-16-22-20(24(29)27(3)17(2)18-11-7-5-8-12-18)15-21(19-13-9-6-10-14-19)25-23(22)28(4)26-16/h5-15,17H,1-4H3. The van der Waals surface area contributed by atoms with Crippen molar-refractivity contribution in [3.05, 3.63) is 83.6 Å². The molecule has 0 spiro atoms. The van der Waals surface area contributed by atoms with Gasteiger partial charge in [0.15, 0.2) is 5.65 Å². The molecule has 1 amide bonds. The maximum Gasteiger partial charge on any atom is 0.254 e. The van der Waals surface area contributed by atoms with E-state index in [4.69, 9.17) is 4.98 Å². The van der Waals surface area contributed by atoms with Crippen LogP contribution in [0.2, 0.25) is 0 Å². The fourth-order valence-electron chi connectivity index (χ4n) is 3.69. The number of rotatable bonds is 4. The van der Waals surface area contributed by atoms with Crippen molar-refractivity contribution in [1.29, 1.82) is 0 Å². The van der Waals surface area contributed by atoms with Crippen LogP contribution >= 0.6 is 0 Å². The smallest absolute Gasteiger partial charge is 0.254 e. The fourth-order valence-corrected chi connectivity index (χ4v) is 3.69. The minimum atomic E-state index is -0.0518. The Morgan fingerprint density at radius 3 is 2.31 bits per heavy atom. The molecular formula is C24H24N4O. The summed E-state index contributed by atoms with van der Waals surface area (Å²) in [6, 6.07) is 21.8. The normalized spacial score (nSPS) is 12.1. The van der Waals surface area contributed by atoms with Gasteiger partial charge in [-0.2, -0.15) is 5.10 Å². The van der Waals surface area contributed by atoms with Gasteiger partial charge in [-0.15, -0.1) is 0 Å². The number of amides is 1. The summed E-state index contributed by atoms with van der Waals surface area (Å²) >= 11 is 0. The van der Waals surface area contributed by atoms with Gasteiger partial charge in [0.25, 0.3) is 5.91 Å². The summed E-state index contributed by atoms with van der Waals surface area (Å²) in [5.74, 6) is -0.0398. The van der Waals surface area contributed by atoms with Crippen molar-refractivity contribution >= 4 is 16.9 Å². The molecule has 0 fully saturated rings. The predicted octanol–water partition coefficient (Wildman–Crippen LogP) is 4.78. The molecule has 2 aromatic carbocycles. The van der Waals surface area contributed by atoms with Crippen molar-refractivity contribution in [2.45, 2.75) is 19.9 Å². The van der Waals surface area contributed by atoms with Gasteiger partial charge in [-0.3, -0.25) is 9.48 Å². The number of fused-ring (bicyclic) bond motifs is 1. The quantitative estimate of drug-likeness (QED) is 0.509. The van der Waals surface area contributed by atoms with E-state index in [2.05, 4.69) is 5.10 Å². The van der Waals surface area contributed by atoms with Crippen LogP contribution < -0.4 is 0 Å². The maximum absolute atomic E-state index is 13.6. The molecule has 4 aromatic rings. The molecule has 0 aliphatic rings. The molecule has 5 heteroatoms. The summed E-state index contributed by atoms with van der Waals surface area (Å²) in [6.45, 7) is 3.96. The van der Waals surface area contributed by atoms with Crippen molar-refractivity contribution in [3.63, 3.8) is 0 Å². The highest BCUT2D eigenvalue weighted by molar-refractivity contribution is 6.07. The predicted molar refractivity (Wildman–Crippen MR) is 116 cm³/mol. The molecule has 0 bridgehead atoms. The van der Waals surface area contributed by atoms with E-state index in [0.29, 0.717) is 11.2 Å². The Labute approximate surface area is 170 Å². The highest BCUT2D eigenvalue weighted by atomic mass is 16.2. The second-order valence-electron chi connectivity index (χ2n) is 7.33. The maximum atomic E-state index is 13.6. The van der Waals surface area contributed by atoms with E-state index >= 15 is 0 Å². The first-order chi connectivity index (χ1) is 14.0. The number of carbonyl (C=O) groups excluding carboxylic acids is 1. The second kappa shape index (κ2) is 7.51. The van der Waals surface area contributed by atoms with Crippen molar-refractivity contribution in [2.75, 3.05) is 7.05 Å². The molecule has 4 rings (SSSR count). The minimum Gasteiger partial charge on any atom is -0.335 e. The Kier molecular flexibility index (Phi) is 4.89. The highest BCUT2D eigenvalue weighted by Crippen LogP contribution is 2.29. The van der Waals surface area contributed by atoms with Gasteiger partial charge in [0.2, 0.25) is 0 Å². The lowest BCUT2D eigenvalue weighted by Crippen LogP contribution is -2.30. The molecule has 0 saturated heterocycles. The molecule has 0 saturated carbocycles. The summed E-state index contributed by atoms with van der Waals surface area (Å²) in [5, 5.41) is 5.32. The zero-order valence-corrected chi connectivity index (χ0v) is 17.1. The third-order valence-corrected chi connectivity index (χ3v) is 5.45. The van der Waals surface area contributed by atoms with E-state index in [-0.39, 0.29) is 11.9 Å². The average molecular weight is 384 g/mol. The van der Waals surface area contributed by atoms with Gasteiger partial charge in [-0.25, -0.2) is 4.98 Å². The summed E-state index contributed by atoms with van der Waals surface area (Å²) in [6.07, 6.45) is 0. The summed E-state index contributed by atoms with van der Waals surface area (Å²) < 4.78 is 1.74. The van der Waals surface area contributed by atoms with Gasteiger partial charge in [-0.05, 0) is 25.5 Å². The minimum absolute atomic E-state index is 0.0398. The lowest BCUT2D eigenvalue weighted by atomic mass is 10.0. The van der Waals surface area contributed by atoms with Gasteiger partial charge in [0, 0.05) is 19.7 Å². The van der Waals surface area contributed by atoms with Crippen molar-refractivity contribution < 1.29 is 4.79 Å². The SMILES string of the molecule is Cc1nn(C)c2nc(-c3ccccc3)cc(C(=O)N(C)C(C)c3ccccc3)c12. The Bertz CT molecular complexity index is 1170. The third-order valence-electron chi connectivity index (χ3n) is 5.45. The number of nitrogens with zero attached hydrogens (tertiary/aromatic N) is 4. The first-order valence-corrected chi connectivity index (χ1v) is 9.69. The zero-order valence-electron chi connectivity index (χ0n) is 17.1. The number of carbonyl (C=O) groups is 1. The van der Waals surface area contributed by atoms with Crippen LogP contribution in [0.1, 0.15) is 34.6 Å². The zero-order chi connectivity index (χ0) is 20.5. The Balaban J connectivity index is 1.84. The van der Waals surface area contributed by atoms with Crippen LogP contribution in [0.15, 0.2) is 66.7 Å². The first-order valence-electron chi connectivity index (χ1n) is 9.69. The Hall–Kier alpha value is -3.47. The molecule has 1 atom stereocenters. The molecule has 29 heavy (non-hydrogen) atoms. The lowest BCUT2D eigenvalue weighted by molar-refractivity contribution is 0.0744. The van der Waals surface area contributed by atoms with Gasteiger partial charge < -0.3 is 4.90 Å². The van der Waals surface area contributed by atoms with Crippen LogP contribution in [0.5, 0.6) is 0 Å². The average Bonchev–Trinajstić information content (AvgIpc) is 3.06. The van der Waals surface area contributed by atoms with Crippen LogP contribution in [0, 0.1) is 6.92 Å². The van der Waals surface area contributed by atoms with E-state index in [1.165, 1.54) is 0 Å². The number of aryl methyl sites for hydroxylation is 2. The Morgan fingerprint density at radius 2 is 1.66 bits per heavy atom. The molecule has 2 aromatic heterocycles. The van der Waals surface area contributed by atoms with Gasteiger partial charge >= 0.3 is 0 Å². The molecule has 1 unspecified atom stereocenters. The largest absolute Gasteiger partial charge is 0.335 e. The van der Waals surface area contributed by atoms with Crippen molar-refractivity contribution in [2.24, 2.45) is 7.05 Å². The van der Waals surface area contributed by atoms with Crippen LogP contribution in [0.25, 0.3) is 22.3 Å². The molecule has 0 N–H and O–H groups in total. The topological polar surface area (TPSA) is 51.0 Å². The number of pyridine rings is 1. The number of hydrogen-bond acceptors (Lipinski definition) is 3. The summed E-state index contributed by atoms with van der Waals surface area (Å²) in [7, 11) is 3.71. The van der Waals surface area contributed by atoms with Crippen molar-refractivity contribution in [3.8, 4) is 11.3 Å². The molecular weight excluding hydrogens is 360 g/mol. The number of benzene rings is 2. The van der Waals surface area contributed by atoms with Crippen molar-refractivity contribution in [1.82, 2.24) is 19.7 Å². The first kappa shape index (κ1) is 18.9. The third kappa shape index (κ3) is 3.40. The lowest BCUT2D eigenvalue weighted by Gasteiger charge is -2.26. The highest BCUT2D eigenvalue weighted by Gasteiger charge is 2.24. The summed E-state index contributed by atoms with van der Waals surface area (Å²) in [4.78, 5) is 20.2. The number of hydrogen-bond donors (Lipinski definition) is 0. The molecule has 0 aliphatic carbocycles. The van der Waals surface area contributed by atoms with Gasteiger partial charge in [0.05, 0.1) is 28.4 Å². The van der Waals surface area contributed by atoms with E-state index < -0.39 is 0 Å². The Morgan fingerprint density at radius 1 is 1.03 bits per heavy atom. The molecule has 2 heterocycles. The van der Waals surface area contributed by atoms with Gasteiger partial charge in [0.1, 0.15) is 0 Å². The van der Waals surface area contributed by atoms with E-state index in [9.17, 15) is 4.79 Å². The molecule has 5 nitrogen and oxygen atoms in total. The monoisotopic (exact) mass is 384 g/mol. The summed E-state index contributed by atoms with van der Waals surface area (Å²) in [5.41, 5.74) is 4.99. The van der Waals surface area contributed by atoms with Crippen LogP contribution in [-0.4, -0.2) is 32.6 Å². The molecule has 146 valence electrons. The second-order valence-corrected chi connectivity index (χ2v) is 7.33. The van der Waals surface area contributed by atoms with E-state index in [0.717, 1.165) is 27.9 Å². The molecule has 0 aliphatic heterocycles. The van der Waals surface area contributed by atoms with Crippen LogP contribution in [0.4, 0.5) is 0 Å². The van der Waals surface area contributed by atoms with E-state index in [1.807, 2.05) is 94.7 Å². The van der Waals surface area contributed by atoms with Gasteiger partial charge in [-0.1, -0.05) is 60.7 Å². The van der Waals surface area contributed by atoms with E-state index in [1.54, 1.807) is 9.58 Å². The molecule has 0 radical (unpaired) electrons. The fraction of sp³-hybridized carbons (Fsp3) is 0.208. The van der Waals surface area contributed by atoms with Crippen LogP contribution in [0.3, 0.4) is 0 Å².